The van der Waals surface area contributed by atoms with Crippen LogP contribution in [-0.2, 0) is 26.2 Å². The Kier molecular flexibility index (Phi) is 11.3. The summed E-state index contributed by atoms with van der Waals surface area (Å²) in [5.41, 5.74) is 1.03. The lowest BCUT2D eigenvalue weighted by molar-refractivity contribution is -0.141. The zero-order valence-corrected chi connectivity index (χ0v) is 30.2. The second-order valence-electron chi connectivity index (χ2n) is 14.3. The smallest absolute Gasteiger partial charge is 0.261 e. The average molecular weight is 723 g/mol. The van der Waals surface area contributed by atoms with Gasteiger partial charge in [0.2, 0.25) is 11.8 Å². The predicted molar refractivity (Wildman–Crippen MR) is 196 cm³/mol. The van der Waals surface area contributed by atoms with E-state index in [2.05, 4.69) is 43.3 Å². The topological polar surface area (TPSA) is 160 Å². The van der Waals surface area contributed by atoms with E-state index >= 15 is 0 Å². The van der Waals surface area contributed by atoms with Gasteiger partial charge in [0.25, 0.3) is 15.6 Å². The number of piperazine rings is 1. The molecule has 0 spiro atoms. The van der Waals surface area contributed by atoms with Crippen molar-refractivity contribution in [1.82, 2.24) is 33.9 Å². The molecule has 2 amide bonds. The minimum atomic E-state index is -3.62. The summed E-state index contributed by atoms with van der Waals surface area (Å²) in [6, 6.07) is 5.07. The highest BCUT2D eigenvalue weighted by Gasteiger charge is 2.37. The van der Waals surface area contributed by atoms with Gasteiger partial charge < -0.3 is 30.0 Å². The van der Waals surface area contributed by atoms with Crippen molar-refractivity contribution < 1.29 is 23.1 Å². The van der Waals surface area contributed by atoms with E-state index in [9.17, 15) is 27.9 Å². The number of hydrogen-bond acceptors (Lipinski definition) is 10. The van der Waals surface area contributed by atoms with Gasteiger partial charge in [-0.25, -0.2) is 13.4 Å². The number of carbonyl (C=O) groups is 2. The van der Waals surface area contributed by atoms with Crippen molar-refractivity contribution in [1.29, 1.82) is 0 Å². The molecule has 14 nitrogen and oxygen atoms in total. The van der Waals surface area contributed by atoms with Gasteiger partial charge in [-0.1, -0.05) is 18.7 Å². The lowest BCUT2D eigenvalue weighted by Gasteiger charge is -2.41. The fourth-order valence-electron chi connectivity index (χ4n) is 7.40. The Labute approximate surface area is 299 Å². The van der Waals surface area contributed by atoms with Crippen molar-refractivity contribution in [3.63, 3.8) is 0 Å². The number of nitrogens with zero attached hydrogens (tertiary/aromatic N) is 6. The van der Waals surface area contributed by atoms with Crippen molar-refractivity contribution in [2.45, 2.75) is 57.1 Å². The van der Waals surface area contributed by atoms with E-state index in [4.69, 9.17) is 0 Å². The largest absolute Gasteiger partial charge is 0.388 e. The van der Waals surface area contributed by atoms with Crippen molar-refractivity contribution in [3.05, 3.63) is 70.4 Å². The Morgan fingerprint density at radius 2 is 1.75 bits per heavy atom. The fourth-order valence-corrected chi connectivity index (χ4v) is 7.98. The molecule has 4 aliphatic rings. The zero-order valence-electron chi connectivity index (χ0n) is 29.4. The molecule has 15 heteroatoms. The van der Waals surface area contributed by atoms with Gasteiger partial charge in [0.15, 0.2) is 0 Å². The van der Waals surface area contributed by atoms with Crippen LogP contribution in [-0.4, -0.2) is 126 Å². The number of aliphatic hydroxyl groups is 1. The van der Waals surface area contributed by atoms with Gasteiger partial charge in [0, 0.05) is 82.3 Å². The number of benzene rings is 1. The summed E-state index contributed by atoms with van der Waals surface area (Å²) >= 11 is 0. The molecule has 276 valence electrons. The van der Waals surface area contributed by atoms with Gasteiger partial charge in [0.1, 0.15) is 0 Å². The maximum Gasteiger partial charge on any atom is 0.261 e. The third-order valence-electron chi connectivity index (χ3n) is 10.6. The molecule has 4 heterocycles. The van der Waals surface area contributed by atoms with Crippen LogP contribution < -0.4 is 15.6 Å². The summed E-state index contributed by atoms with van der Waals surface area (Å²) in [5, 5.41) is 15.7. The number of nitrogens with one attached hydrogen (secondary N) is 2. The zero-order chi connectivity index (χ0) is 36.2. The number of anilines is 1. The molecule has 0 unspecified atom stereocenters. The molecule has 3 fully saturated rings. The van der Waals surface area contributed by atoms with Crippen LogP contribution in [0.3, 0.4) is 0 Å². The summed E-state index contributed by atoms with van der Waals surface area (Å²) < 4.78 is 28.3. The number of likely N-dealkylation sites (tertiary alicyclic amines) is 2. The highest BCUT2D eigenvalue weighted by Crippen LogP contribution is 2.30. The Hall–Kier alpha value is -4.05. The van der Waals surface area contributed by atoms with Crippen LogP contribution in [0, 0.1) is 5.92 Å². The van der Waals surface area contributed by atoms with E-state index in [1.165, 1.54) is 10.9 Å². The first-order valence-electron chi connectivity index (χ1n) is 17.9. The standard InChI is InChI=1S/C36H50N8O6S/c1-3-51(49,50)39-30-6-4-5-7-32(30)42-16-10-27(11-17-42)34(46)43-18-13-36(48,14-19-43)25-44-26-37-31-24-28(8-9-29(31)35(44)47)38-33(45)12-15-41-22-20-40(2)21-23-41/h3,6-9,24,26-27,39,48H,1,4-5,10-23,25H2,2H3,(H,38,45). The number of rotatable bonds is 11. The third kappa shape index (κ3) is 9.07. The molecule has 3 saturated heterocycles. The molecular formula is C36H50N8O6S. The molecule has 2 aromatic rings. The van der Waals surface area contributed by atoms with Crippen LogP contribution in [0.15, 0.2) is 64.9 Å². The maximum absolute atomic E-state index is 13.5. The SMILES string of the molecule is C=CS(=O)(=O)NC1=CCCC=C1N1CCC(C(=O)N2CCC(O)(Cn3cnc4cc(NC(=O)CCN5CCN(C)CC5)ccc4c3=O)CC2)CC1. The van der Waals surface area contributed by atoms with E-state index in [-0.39, 0.29) is 29.8 Å². The van der Waals surface area contributed by atoms with Crippen molar-refractivity contribution in [2.75, 3.05) is 71.3 Å². The van der Waals surface area contributed by atoms with E-state index in [1.807, 2.05) is 17.1 Å². The van der Waals surface area contributed by atoms with Gasteiger partial charge in [-0.15, -0.1) is 0 Å². The van der Waals surface area contributed by atoms with Crippen LogP contribution in [0.5, 0.6) is 0 Å². The van der Waals surface area contributed by atoms with Gasteiger partial charge in [0.05, 0.1) is 40.8 Å². The first-order chi connectivity index (χ1) is 24.4. The average Bonchev–Trinajstić information content (AvgIpc) is 3.13. The number of likely N-dealkylation sites (N-methyl/N-ethyl adjacent to an activating group) is 1. The Morgan fingerprint density at radius 1 is 1.04 bits per heavy atom. The Balaban J connectivity index is 0.985. The van der Waals surface area contributed by atoms with Gasteiger partial charge in [-0.05, 0) is 63.8 Å². The Morgan fingerprint density at radius 3 is 2.45 bits per heavy atom. The first kappa shape index (κ1) is 36.7. The molecule has 3 aliphatic heterocycles. The number of sulfonamides is 1. The molecule has 0 saturated carbocycles. The van der Waals surface area contributed by atoms with E-state index in [0.717, 1.165) is 50.1 Å². The van der Waals surface area contributed by atoms with Crippen molar-refractivity contribution >= 4 is 38.4 Å². The number of piperidine rings is 2. The van der Waals surface area contributed by atoms with E-state index in [0.29, 0.717) is 87.1 Å². The van der Waals surface area contributed by atoms with Crippen molar-refractivity contribution in [3.8, 4) is 0 Å². The van der Waals surface area contributed by atoms with Crippen LogP contribution in [0.1, 0.15) is 44.9 Å². The molecule has 0 radical (unpaired) electrons. The second kappa shape index (κ2) is 15.7. The Bertz CT molecular complexity index is 1850. The number of hydrogen-bond donors (Lipinski definition) is 3. The lowest BCUT2D eigenvalue weighted by atomic mass is 9.88. The number of aromatic nitrogens is 2. The number of fused-ring (bicyclic) bond motifs is 1. The molecule has 6 rings (SSSR count). The van der Waals surface area contributed by atoms with Crippen LogP contribution in [0.2, 0.25) is 0 Å². The molecule has 1 aliphatic carbocycles. The molecule has 0 bridgehead atoms. The lowest BCUT2D eigenvalue weighted by Crippen LogP contribution is -2.51. The van der Waals surface area contributed by atoms with Gasteiger partial charge in [-0.2, -0.15) is 0 Å². The maximum atomic E-state index is 13.5. The summed E-state index contributed by atoms with van der Waals surface area (Å²) in [6.07, 6.45) is 9.31. The van der Waals surface area contributed by atoms with Crippen LogP contribution in [0.4, 0.5) is 5.69 Å². The normalized spacial score (nSPS) is 20.8. The summed E-state index contributed by atoms with van der Waals surface area (Å²) in [4.78, 5) is 52.5. The number of carbonyl (C=O) groups excluding carboxylic acids is 2. The molecular weight excluding hydrogens is 673 g/mol. The van der Waals surface area contributed by atoms with Gasteiger partial charge >= 0.3 is 0 Å². The molecule has 51 heavy (non-hydrogen) atoms. The van der Waals surface area contributed by atoms with Crippen LogP contribution in [0.25, 0.3) is 10.9 Å². The van der Waals surface area contributed by atoms with E-state index < -0.39 is 15.6 Å². The summed E-state index contributed by atoms with van der Waals surface area (Å²) in [6.45, 7) is 10.1. The number of allylic oxidation sites excluding steroid dienone is 2. The van der Waals surface area contributed by atoms with Crippen molar-refractivity contribution in [2.24, 2.45) is 5.92 Å². The predicted octanol–water partition coefficient (Wildman–Crippen LogP) is 1.66. The minimum absolute atomic E-state index is 0.0700. The first-order valence-corrected chi connectivity index (χ1v) is 19.5. The second-order valence-corrected chi connectivity index (χ2v) is 15.9. The van der Waals surface area contributed by atoms with Gasteiger partial charge in [-0.3, -0.25) is 23.7 Å². The molecule has 3 N–H and O–H groups in total. The van der Waals surface area contributed by atoms with Crippen LogP contribution >= 0.6 is 0 Å². The molecule has 0 atom stereocenters. The van der Waals surface area contributed by atoms with E-state index in [1.54, 1.807) is 18.2 Å². The quantitative estimate of drug-likeness (QED) is 0.312. The monoisotopic (exact) mass is 722 g/mol. The molecule has 1 aromatic carbocycles. The fraction of sp³-hybridized carbons (Fsp3) is 0.556. The minimum Gasteiger partial charge on any atom is -0.388 e. The number of amides is 2. The third-order valence-corrected chi connectivity index (χ3v) is 11.6. The molecule has 1 aromatic heterocycles. The summed E-state index contributed by atoms with van der Waals surface area (Å²) in [7, 11) is -1.52. The summed E-state index contributed by atoms with van der Waals surface area (Å²) in [5.74, 6) is -0.156. The highest BCUT2D eigenvalue weighted by atomic mass is 32.2. The highest BCUT2D eigenvalue weighted by molar-refractivity contribution is 7.92.